The largest absolute Gasteiger partial charge is 0.354 e. The molecule has 59 heavy (non-hydrogen) atoms. The van der Waals surface area contributed by atoms with E-state index in [0.29, 0.717) is 36.6 Å². The molecule has 1 atom stereocenters. The van der Waals surface area contributed by atoms with Gasteiger partial charge in [-0.05, 0) is 105 Å². The predicted octanol–water partition coefficient (Wildman–Crippen LogP) is 4.43. The van der Waals surface area contributed by atoms with Crippen molar-refractivity contribution < 1.29 is 24.0 Å². The van der Waals surface area contributed by atoms with Crippen molar-refractivity contribution in [2.45, 2.75) is 76.8 Å². The number of fused-ring (bicyclic) bond motifs is 1. The summed E-state index contributed by atoms with van der Waals surface area (Å²) in [6.45, 7) is 7.28. The molecule has 6 heterocycles. The maximum Gasteiger partial charge on any atom is 0.255 e. The summed E-state index contributed by atoms with van der Waals surface area (Å²) >= 11 is 0. The molecular formula is C46H54N8O5. The summed E-state index contributed by atoms with van der Waals surface area (Å²) in [5.41, 5.74) is 3.87. The third kappa shape index (κ3) is 11.2. The Kier molecular flexibility index (Phi) is 14.1. The second kappa shape index (κ2) is 20.2. The fourth-order valence-corrected chi connectivity index (χ4v) is 8.35. The van der Waals surface area contributed by atoms with Gasteiger partial charge in [-0.1, -0.05) is 30.7 Å². The van der Waals surface area contributed by atoms with Crippen molar-refractivity contribution in [1.82, 2.24) is 35.3 Å². The number of carbonyl (C=O) groups is 5. The van der Waals surface area contributed by atoms with Gasteiger partial charge < -0.3 is 20.0 Å². The topological polar surface area (TPSA) is 148 Å². The van der Waals surface area contributed by atoms with Crippen LogP contribution in [0.1, 0.15) is 102 Å². The monoisotopic (exact) mass is 798 g/mol. The van der Waals surface area contributed by atoms with Crippen LogP contribution < -0.4 is 15.5 Å². The lowest BCUT2D eigenvalue weighted by molar-refractivity contribution is -0.137. The number of likely N-dealkylation sites (tertiary alicyclic amines) is 1. The highest BCUT2D eigenvalue weighted by Crippen LogP contribution is 2.28. The Bertz CT molecular complexity index is 2060. The molecular weight excluding hydrogens is 745 g/mol. The second-order valence-corrected chi connectivity index (χ2v) is 15.9. The van der Waals surface area contributed by atoms with E-state index in [4.69, 9.17) is 4.98 Å². The molecule has 2 N–H and O–H groups in total. The lowest BCUT2D eigenvalue weighted by Crippen LogP contribution is -2.52. The number of piperidine rings is 2. The number of hydrogen-bond donors (Lipinski definition) is 2. The Morgan fingerprint density at radius 1 is 0.915 bits per heavy atom. The van der Waals surface area contributed by atoms with E-state index in [9.17, 15) is 24.0 Å². The standard InChI is InChI=1S/C46H54N8O5/c55-42(17-12-36-10-7-21-47-31-36)48-22-5-4-8-34-19-24-53(25-20-34)45(58)37-13-16-41(49-32-37)52-28-26-51(27-29-52)23-6-2-1-3-9-35-11-14-39-38(30-35)33-54(46(39)59)40-15-18-43(56)50-44(40)57/h7,10-14,16-17,21,30-32,34,40H,1-2,4-6,8,15,18-20,22-29,33H2,(H,48,55)(H,50,56,57)/b17-12+. The molecule has 13 nitrogen and oxygen atoms in total. The number of nitrogens with one attached hydrogen (secondary N) is 2. The fraction of sp³-hybridized carbons (Fsp3) is 0.457. The average Bonchev–Trinajstić information content (AvgIpc) is 3.59. The number of aromatic nitrogens is 2. The smallest absolute Gasteiger partial charge is 0.255 e. The van der Waals surface area contributed by atoms with Crippen LogP contribution in [0.15, 0.2) is 67.1 Å². The maximum atomic E-state index is 13.3. The lowest BCUT2D eigenvalue weighted by atomic mass is 9.91. The van der Waals surface area contributed by atoms with Gasteiger partial charge in [-0.2, -0.15) is 0 Å². The molecule has 3 aromatic rings. The zero-order valence-corrected chi connectivity index (χ0v) is 33.7. The van der Waals surface area contributed by atoms with Gasteiger partial charge in [0.1, 0.15) is 11.9 Å². The molecule has 3 fully saturated rings. The van der Waals surface area contributed by atoms with Crippen molar-refractivity contribution in [2.75, 3.05) is 57.3 Å². The van der Waals surface area contributed by atoms with Crippen LogP contribution >= 0.6 is 0 Å². The van der Waals surface area contributed by atoms with Gasteiger partial charge in [-0.3, -0.25) is 39.2 Å². The molecule has 2 aromatic heterocycles. The molecule has 5 amide bonds. The molecule has 0 spiro atoms. The molecule has 13 heteroatoms. The number of carbonyl (C=O) groups excluding carboxylic acids is 5. The number of imide groups is 1. The van der Waals surface area contributed by atoms with E-state index in [1.54, 1.807) is 41.7 Å². The van der Waals surface area contributed by atoms with Gasteiger partial charge in [-0.15, -0.1) is 0 Å². The molecule has 1 unspecified atom stereocenters. The minimum Gasteiger partial charge on any atom is -0.354 e. The summed E-state index contributed by atoms with van der Waals surface area (Å²) in [4.78, 5) is 79.2. The number of pyridine rings is 2. The zero-order valence-electron chi connectivity index (χ0n) is 33.7. The van der Waals surface area contributed by atoms with Gasteiger partial charge in [0, 0.05) is 101 Å². The van der Waals surface area contributed by atoms with Gasteiger partial charge in [-0.25, -0.2) is 4.98 Å². The van der Waals surface area contributed by atoms with Crippen molar-refractivity contribution in [3.05, 3.63) is 94.9 Å². The first-order valence-corrected chi connectivity index (χ1v) is 21.2. The number of hydrogen-bond acceptors (Lipinski definition) is 9. The van der Waals surface area contributed by atoms with Gasteiger partial charge in [0.05, 0.1) is 5.56 Å². The van der Waals surface area contributed by atoms with Crippen molar-refractivity contribution >= 4 is 41.4 Å². The van der Waals surface area contributed by atoms with Gasteiger partial charge in [0.2, 0.25) is 17.7 Å². The molecule has 4 aliphatic heterocycles. The maximum absolute atomic E-state index is 13.3. The van der Waals surface area contributed by atoms with Crippen LogP contribution in [0.4, 0.5) is 5.82 Å². The lowest BCUT2D eigenvalue weighted by Gasteiger charge is -2.35. The highest BCUT2D eigenvalue weighted by molar-refractivity contribution is 6.05. The van der Waals surface area contributed by atoms with Crippen LogP contribution in [0.25, 0.3) is 6.08 Å². The molecule has 7 rings (SSSR count). The Morgan fingerprint density at radius 3 is 2.53 bits per heavy atom. The van der Waals surface area contributed by atoms with Gasteiger partial charge in [0.25, 0.3) is 11.8 Å². The van der Waals surface area contributed by atoms with E-state index >= 15 is 0 Å². The van der Waals surface area contributed by atoms with Crippen molar-refractivity contribution in [1.29, 1.82) is 0 Å². The summed E-state index contributed by atoms with van der Waals surface area (Å²) < 4.78 is 0. The van der Waals surface area contributed by atoms with Gasteiger partial charge in [0.15, 0.2) is 0 Å². The van der Waals surface area contributed by atoms with Crippen LogP contribution in [0, 0.1) is 17.8 Å². The number of unbranched alkanes of at least 4 members (excludes halogenated alkanes) is 3. The van der Waals surface area contributed by atoms with Crippen LogP contribution in [-0.4, -0.2) is 113 Å². The molecule has 4 aliphatic rings. The van der Waals surface area contributed by atoms with E-state index in [0.717, 1.165) is 120 Å². The van der Waals surface area contributed by atoms with Crippen molar-refractivity contribution in [2.24, 2.45) is 5.92 Å². The first kappa shape index (κ1) is 41.3. The van der Waals surface area contributed by atoms with Gasteiger partial charge >= 0.3 is 0 Å². The third-order valence-electron chi connectivity index (χ3n) is 11.8. The summed E-state index contributed by atoms with van der Waals surface area (Å²) in [5, 5.41) is 5.30. The van der Waals surface area contributed by atoms with Crippen LogP contribution in [0.3, 0.4) is 0 Å². The number of nitrogens with zero attached hydrogens (tertiary/aromatic N) is 6. The Hall–Kier alpha value is -5.87. The molecule has 1 aromatic carbocycles. The number of rotatable bonds is 14. The van der Waals surface area contributed by atoms with E-state index in [1.807, 2.05) is 41.3 Å². The first-order chi connectivity index (χ1) is 28.8. The highest BCUT2D eigenvalue weighted by atomic mass is 16.2. The normalized spacial score (nSPS) is 18.7. The van der Waals surface area contributed by atoms with E-state index < -0.39 is 11.9 Å². The predicted molar refractivity (Wildman–Crippen MR) is 225 cm³/mol. The fourth-order valence-electron chi connectivity index (χ4n) is 8.35. The Balaban J connectivity index is 0.742. The highest BCUT2D eigenvalue weighted by Gasteiger charge is 2.39. The average molecular weight is 799 g/mol. The number of benzene rings is 1. The summed E-state index contributed by atoms with van der Waals surface area (Å²) in [6, 6.07) is 12.6. The molecule has 0 bridgehead atoms. The SMILES string of the molecule is O=C(/C=C/c1cccnc1)NCCCCC1CCN(C(=O)c2ccc(N3CCN(CCCCC#Cc4ccc5c(c4)CN(C4CCC(=O)NC4=O)C5=O)CC3)nc2)CC1. The second-order valence-electron chi connectivity index (χ2n) is 15.9. The summed E-state index contributed by atoms with van der Waals surface area (Å²) in [5.74, 6) is 7.15. The summed E-state index contributed by atoms with van der Waals surface area (Å²) in [7, 11) is 0. The zero-order chi connectivity index (χ0) is 41.0. The Labute approximate surface area is 346 Å². The number of piperazine rings is 1. The van der Waals surface area contributed by atoms with E-state index in [1.165, 1.54) is 0 Å². The number of anilines is 1. The van der Waals surface area contributed by atoms with Crippen LogP contribution in [0.5, 0.6) is 0 Å². The molecule has 3 saturated heterocycles. The molecule has 0 saturated carbocycles. The van der Waals surface area contributed by atoms with E-state index in [2.05, 4.69) is 37.3 Å². The van der Waals surface area contributed by atoms with Crippen molar-refractivity contribution in [3.8, 4) is 11.8 Å². The quantitative estimate of drug-likeness (QED) is 0.105. The molecule has 0 radical (unpaired) electrons. The Morgan fingerprint density at radius 2 is 1.76 bits per heavy atom. The molecule has 308 valence electrons. The third-order valence-corrected chi connectivity index (χ3v) is 11.8. The molecule has 0 aliphatic carbocycles. The van der Waals surface area contributed by atoms with Crippen molar-refractivity contribution in [3.63, 3.8) is 0 Å². The van der Waals surface area contributed by atoms with Crippen LogP contribution in [0.2, 0.25) is 0 Å². The van der Waals surface area contributed by atoms with E-state index in [-0.39, 0.29) is 30.0 Å². The summed E-state index contributed by atoms with van der Waals surface area (Å²) in [6.07, 6.45) is 17.0. The first-order valence-electron chi connectivity index (χ1n) is 21.2. The minimum absolute atomic E-state index is 0.0567. The van der Waals surface area contributed by atoms with Crippen LogP contribution in [-0.2, 0) is 20.9 Å². The number of amides is 5. The minimum atomic E-state index is -0.615.